The molecule has 0 radical (unpaired) electrons. The van der Waals surface area contributed by atoms with Crippen LogP contribution in [-0.4, -0.2) is 27.7 Å². The zero-order valence-electron chi connectivity index (χ0n) is 12.8. The second-order valence-electron chi connectivity index (χ2n) is 6.37. The van der Waals surface area contributed by atoms with Crippen molar-refractivity contribution in [3.8, 4) is 0 Å². The van der Waals surface area contributed by atoms with Gasteiger partial charge in [0, 0.05) is 18.5 Å². The Hall–Kier alpha value is -0.970. The number of nitrogens with one attached hydrogen (secondary N) is 1. The van der Waals surface area contributed by atoms with Crippen molar-refractivity contribution in [2.45, 2.75) is 57.4 Å². The molecule has 0 aromatic carbocycles. The molecule has 116 valence electrons. The fourth-order valence-corrected chi connectivity index (χ4v) is 4.14. The van der Waals surface area contributed by atoms with Gasteiger partial charge in [-0.3, -0.25) is 4.79 Å². The molecule has 1 aromatic heterocycles. The Balaban J connectivity index is 1.74. The molecule has 1 aliphatic heterocycles. The Labute approximate surface area is 131 Å². The maximum Gasteiger partial charge on any atom is 0.226 e. The number of thioether (sulfide) groups is 1. The number of fused-ring (bicyclic) bond motifs is 1. The lowest BCUT2D eigenvalue weighted by Gasteiger charge is -2.25. The van der Waals surface area contributed by atoms with Gasteiger partial charge in [-0.2, -0.15) is 16.9 Å². The van der Waals surface area contributed by atoms with Crippen LogP contribution in [0.3, 0.4) is 0 Å². The molecule has 4 nitrogen and oxygen atoms in total. The van der Waals surface area contributed by atoms with Crippen LogP contribution < -0.4 is 5.32 Å². The standard InChI is InChI=1S/C16H25N3OS/c1-21-8-7-13-9-15(20)18-16-14(13)10-17-19(16)11-12-5-3-2-4-6-12/h10,12-13H,2-9,11H2,1H3,(H,18,20)/t13-/m0/s1. The van der Waals surface area contributed by atoms with E-state index in [1.54, 1.807) is 0 Å². The molecule has 0 bridgehead atoms. The lowest BCUT2D eigenvalue weighted by atomic mass is 9.89. The smallest absolute Gasteiger partial charge is 0.226 e. The molecule has 1 amide bonds. The summed E-state index contributed by atoms with van der Waals surface area (Å²) < 4.78 is 2.05. The third kappa shape index (κ3) is 3.44. The highest BCUT2D eigenvalue weighted by Gasteiger charge is 2.29. The Morgan fingerprint density at radius 1 is 1.38 bits per heavy atom. The van der Waals surface area contributed by atoms with Crippen LogP contribution >= 0.6 is 11.8 Å². The van der Waals surface area contributed by atoms with Gasteiger partial charge in [0.05, 0.1) is 6.20 Å². The number of aromatic nitrogens is 2. The summed E-state index contributed by atoms with van der Waals surface area (Å²) in [6.07, 6.45) is 12.5. The second kappa shape index (κ2) is 6.86. The van der Waals surface area contributed by atoms with Gasteiger partial charge in [-0.1, -0.05) is 19.3 Å². The predicted octanol–water partition coefficient (Wildman–Crippen LogP) is 3.64. The molecular formula is C16H25N3OS. The van der Waals surface area contributed by atoms with Crippen molar-refractivity contribution in [3.63, 3.8) is 0 Å². The summed E-state index contributed by atoms with van der Waals surface area (Å²) in [6.45, 7) is 0.963. The molecule has 0 saturated heterocycles. The quantitative estimate of drug-likeness (QED) is 0.903. The van der Waals surface area contributed by atoms with E-state index >= 15 is 0 Å². The van der Waals surface area contributed by atoms with E-state index in [4.69, 9.17) is 0 Å². The van der Waals surface area contributed by atoms with Gasteiger partial charge in [0.2, 0.25) is 5.91 Å². The largest absolute Gasteiger partial charge is 0.311 e. The topological polar surface area (TPSA) is 46.9 Å². The summed E-state index contributed by atoms with van der Waals surface area (Å²) in [5.41, 5.74) is 1.25. The number of nitrogens with zero attached hydrogens (tertiary/aromatic N) is 2. The van der Waals surface area contributed by atoms with E-state index in [0.29, 0.717) is 12.3 Å². The van der Waals surface area contributed by atoms with Gasteiger partial charge in [-0.15, -0.1) is 0 Å². The van der Waals surface area contributed by atoms with Gasteiger partial charge in [-0.25, -0.2) is 4.68 Å². The van der Waals surface area contributed by atoms with Crippen molar-refractivity contribution in [3.05, 3.63) is 11.8 Å². The molecule has 21 heavy (non-hydrogen) atoms. The molecule has 1 aliphatic carbocycles. The minimum atomic E-state index is 0.152. The van der Waals surface area contributed by atoms with Gasteiger partial charge in [0.1, 0.15) is 5.82 Å². The summed E-state index contributed by atoms with van der Waals surface area (Å²) in [5, 5.41) is 7.64. The highest BCUT2D eigenvalue weighted by atomic mass is 32.2. The molecule has 2 aliphatic rings. The molecule has 2 heterocycles. The first-order valence-electron chi connectivity index (χ1n) is 8.12. The molecule has 3 rings (SSSR count). The molecule has 5 heteroatoms. The van der Waals surface area contributed by atoms with Gasteiger partial charge in [-0.05, 0) is 43.1 Å². The van der Waals surface area contributed by atoms with Crippen molar-refractivity contribution in [2.75, 3.05) is 17.3 Å². The highest BCUT2D eigenvalue weighted by Crippen LogP contribution is 2.36. The molecule has 1 fully saturated rings. The number of carbonyl (C=O) groups excluding carboxylic acids is 1. The zero-order chi connectivity index (χ0) is 14.7. The molecule has 0 spiro atoms. The van der Waals surface area contributed by atoms with Crippen LogP contribution in [0.5, 0.6) is 0 Å². The number of amides is 1. The number of rotatable bonds is 5. The first-order chi connectivity index (χ1) is 10.3. The van der Waals surface area contributed by atoms with E-state index in [1.165, 1.54) is 37.7 Å². The number of hydrogen-bond acceptors (Lipinski definition) is 3. The fourth-order valence-electron chi connectivity index (χ4n) is 3.62. The monoisotopic (exact) mass is 307 g/mol. The number of carbonyl (C=O) groups is 1. The van der Waals surface area contributed by atoms with Crippen molar-refractivity contribution in [2.24, 2.45) is 5.92 Å². The van der Waals surface area contributed by atoms with Gasteiger partial charge in [0.15, 0.2) is 0 Å². The lowest BCUT2D eigenvalue weighted by molar-refractivity contribution is -0.116. The van der Waals surface area contributed by atoms with E-state index in [1.807, 2.05) is 18.0 Å². The van der Waals surface area contributed by atoms with Gasteiger partial charge >= 0.3 is 0 Å². The molecule has 1 aromatic rings. The van der Waals surface area contributed by atoms with E-state index < -0.39 is 0 Å². The first-order valence-corrected chi connectivity index (χ1v) is 9.52. The maximum absolute atomic E-state index is 12.0. The molecular weight excluding hydrogens is 282 g/mol. The van der Waals surface area contributed by atoms with Gasteiger partial charge in [0.25, 0.3) is 0 Å². The van der Waals surface area contributed by atoms with Crippen molar-refractivity contribution in [1.29, 1.82) is 0 Å². The van der Waals surface area contributed by atoms with Crippen LogP contribution in [0.2, 0.25) is 0 Å². The highest BCUT2D eigenvalue weighted by molar-refractivity contribution is 7.98. The molecule has 1 saturated carbocycles. The summed E-state index contributed by atoms with van der Waals surface area (Å²) in [5.74, 6) is 3.31. The summed E-state index contributed by atoms with van der Waals surface area (Å²) in [4.78, 5) is 12.0. The minimum Gasteiger partial charge on any atom is -0.311 e. The van der Waals surface area contributed by atoms with Gasteiger partial charge < -0.3 is 5.32 Å². The van der Waals surface area contributed by atoms with Crippen molar-refractivity contribution < 1.29 is 4.79 Å². The summed E-state index contributed by atoms with van der Waals surface area (Å²) >= 11 is 1.85. The Bertz CT molecular complexity index is 494. The Kier molecular flexibility index (Phi) is 4.88. The normalized spacial score (nSPS) is 22.9. The Morgan fingerprint density at radius 2 is 2.19 bits per heavy atom. The first kappa shape index (κ1) is 14.9. The fraction of sp³-hybridized carbons (Fsp3) is 0.750. The van der Waals surface area contributed by atoms with Crippen LogP contribution in [0.15, 0.2) is 6.20 Å². The third-order valence-corrected chi connectivity index (χ3v) is 5.47. The molecule has 1 N–H and O–H groups in total. The summed E-state index contributed by atoms with van der Waals surface area (Å²) in [6, 6.07) is 0. The maximum atomic E-state index is 12.0. The minimum absolute atomic E-state index is 0.152. The predicted molar refractivity (Wildman–Crippen MR) is 87.8 cm³/mol. The average Bonchev–Trinajstić information content (AvgIpc) is 2.89. The van der Waals surface area contributed by atoms with E-state index in [2.05, 4.69) is 21.4 Å². The van der Waals surface area contributed by atoms with Crippen LogP contribution in [-0.2, 0) is 11.3 Å². The van der Waals surface area contributed by atoms with E-state index in [9.17, 15) is 4.79 Å². The zero-order valence-corrected chi connectivity index (χ0v) is 13.6. The number of anilines is 1. The second-order valence-corrected chi connectivity index (χ2v) is 7.35. The SMILES string of the molecule is CSCC[C@H]1CC(=O)Nc2c1cnn2CC1CCCCC1. The Morgan fingerprint density at radius 3 is 2.95 bits per heavy atom. The van der Waals surface area contributed by atoms with Crippen molar-refractivity contribution in [1.82, 2.24) is 9.78 Å². The van der Waals surface area contributed by atoms with E-state index in [-0.39, 0.29) is 5.91 Å². The van der Waals surface area contributed by atoms with Crippen LogP contribution in [0.4, 0.5) is 5.82 Å². The third-order valence-electron chi connectivity index (χ3n) is 4.82. The van der Waals surface area contributed by atoms with Crippen LogP contribution in [0.25, 0.3) is 0 Å². The van der Waals surface area contributed by atoms with Crippen molar-refractivity contribution >= 4 is 23.5 Å². The summed E-state index contributed by atoms with van der Waals surface area (Å²) in [7, 11) is 0. The van der Waals surface area contributed by atoms with E-state index in [0.717, 1.165) is 30.5 Å². The van der Waals surface area contributed by atoms with Crippen LogP contribution in [0, 0.1) is 5.92 Å². The molecule has 0 unspecified atom stereocenters. The average molecular weight is 307 g/mol. The lowest BCUT2D eigenvalue weighted by Crippen LogP contribution is -2.26. The number of hydrogen-bond donors (Lipinski definition) is 1. The molecule has 1 atom stereocenters. The van der Waals surface area contributed by atoms with Crippen LogP contribution in [0.1, 0.15) is 56.4 Å².